The third kappa shape index (κ3) is 3.64. The van der Waals surface area contributed by atoms with Crippen molar-refractivity contribution >= 4 is 0 Å². The van der Waals surface area contributed by atoms with Crippen LogP contribution in [0.4, 0.5) is 0 Å². The SMILES string of the molecule is Cc1ccc(C(C)C)cc1OC(CN)c1ccccc1C. The number of nitrogens with two attached hydrogens (primary N) is 1. The number of hydrogen-bond donors (Lipinski definition) is 1. The highest BCUT2D eigenvalue weighted by Crippen LogP contribution is 2.29. The van der Waals surface area contributed by atoms with E-state index < -0.39 is 0 Å². The van der Waals surface area contributed by atoms with E-state index in [-0.39, 0.29) is 6.10 Å². The van der Waals surface area contributed by atoms with Crippen LogP contribution in [0.3, 0.4) is 0 Å². The van der Waals surface area contributed by atoms with Gasteiger partial charge in [-0.25, -0.2) is 0 Å². The summed E-state index contributed by atoms with van der Waals surface area (Å²) in [6.07, 6.45) is -0.104. The molecule has 1 atom stereocenters. The summed E-state index contributed by atoms with van der Waals surface area (Å²) in [7, 11) is 0. The quantitative estimate of drug-likeness (QED) is 0.876. The van der Waals surface area contributed by atoms with Gasteiger partial charge >= 0.3 is 0 Å². The van der Waals surface area contributed by atoms with E-state index in [0.717, 1.165) is 16.9 Å². The van der Waals surface area contributed by atoms with E-state index in [4.69, 9.17) is 10.5 Å². The summed E-state index contributed by atoms with van der Waals surface area (Å²) in [4.78, 5) is 0. The number of benzene rings is 2. The smallest absolute Gasteiger partial charge is 0.136 e. The molecule has 2 aromatic carbocycles. The average Bonchev–Trinajstić information content (AvgIpc) is 2.47. The van der Waals surface area contributed by atoms with Crippen LogP contribution in [0.2, 0.25) is 0 Å². The third-order valence-corrected chi connectivity index (χ3v) is 3.90. The van der Waals surface area contributed by atoms with Crippen molar-refractivity contribution in [1.82, 2.24) is 0 Å². The van der Waals surface area contributed by atoms with Crippen LogP contribution in [-0.4, -0.2) is 6.54 Å². The second-order valence-electron chi connectivity index (χ2n) is 5.88. The van der Waals surface area contributed by atoms with Crippen LogP contribution in [0.5, 0.6) is 5.75 Å². The molecule has 2 heteroatoms. The van der Waals surface area contributed by atoms with Crippen molar-refractivity contribution in [2.75, 3.05) is 6.54 Å². The standard InChI is InChI=1S/C19H25NO/c1-13(2)16-10-9-15(4)18(11-16)21-19(12-20)17-8-6-5-7-14(17)3/h5-11,13,19H,12,20H2,1-4H3. The molecular weight excluding hydrogens is 258 g/mol. The number of hydrogen-bond acceptors (Lipinski definition) is 2. The highest BCUT2D eigenvalue weighted by Gasteiger charge is 2.15. The minimum Gasteiger partial charge on any atom is -0.484 e. The van der Waals surface area contributed by atoms with Gasteiger partial charge in [0.15, 0.2) is 0 Å². The molecule has 1 unspecified atom stereocenters. The van der Waals surface area contributed by atoms with Crippen LogP contribution in [-0.2, 0) is 0 Å². The molecule has 0 aliphatic carbocycles. The van der Waals surface area contributed by atoms with Crippen LogP contribution >= 0.6 is 0 Å². The van der Waals surface area contributed by atoms with E-state index in [0.29, 0.717) is 12.5 Å². The van der Waals surface area contributed by atoms with Crippen molar-refractivity contribution < 1.29 is 4.74 Å². The zero-order valence-electron chi connectivity index (χ0n) is 13.4. The zero-order valence-corrected chi connectivity index (χ0v) is 13.4. The summed E-state index contributed by atoms with van der Waals surface area (Å²) >= 11 is 0. The first-order valence-corrected chi connectivity index (χ1v) is 7.55. The van der Waals surface area contributed by atoms with E-state index >= 15 is 0 Å². The molecule has 2 aromatic rings. The van der Waals surface area contributed by atoms with Crippen molar-refractivity contribution in [1.29, 1.82) is 0 Å². The van der Waals surface area contributed by atoms with Gasteiger partial charge < -0.3 is 10.5 Å². The van der Waals surface area contributed by atoms with Crippen LogP contribution in [0, 0.1) is 13.8 Å². The highest BCUT2D eigenvalue weighted by molar-refractivity contribution is 5.39. The van der Waals surface area contributed by atoms with Gasteiger partial charge in [0.25, 0.3) is 0 Å². The number of aryl methyl sites for hydroxylation is 2. The Balaban J connectivity index is 2.31. The van der Waals surface area contributed by atoms with Gasteiger partial charge in [-0.05, 0) is 48.1 Å². The lowest BCUT2D eigenvalue weighted by Gasteiger charge is -2.22. The summed E-state index contributed by atoms with van der Waals surface area (Å²) in [5, 5.41) is 0. The fourth-order valence-corrected chi connectivity index (χ4v) is 2.44. The van der Waals surface area contributed by atoms with Gasteiger partial charge in [0, 0.05) is 6.54 Å². The first-order valence-electron chi connectivity index (χ1n) is 7.55. The Hall–Kier alpha value is -1.80. The predicted molar refractivity (Wildman–Crippen MR) is 88.9 cm³/mol. The van der Waals surface area contributed by atoms with Crippen molar-refractivity contribution in [3.8, 4) is 5.75 Å². The minimum absolute atomic E-state index is 0.104. The largest absolute Gasteiger partial charge is 0.484 e. The molecule has 0 spiro atoms. The molecule has 0 aliphatic heterocycles. The Labute approximate surface area is 127 Å². The van der Waals surface area contributed by atoms with Gasteiger partial charge in [0.1, 0.15) is 11.9 Å². The molecule has 0 bridgehead atoms. The van der Waals surface area contributed by atoms with Gasteiger partial charge in [0.05, 0.1) is 0 Å². The molecule has 2 rings (SSSR count). The maximum Gasteiger partial charge on any atom is 0.136 e. The van der Waals surface area contributed by atoms with Gasteiger partial charge in [0.2, 0.25) is 0 Å². The zero-order chi connectivity index (χ0) is 15.4. The second-order valence-corrected chi connectivity index (χ2v) is 5.88. The van der Waals surface area contributed by atoms with Crippen molar-refractivity contribution in [3.05, 3.63) is 64.7 Å². The minimum atomic E-state index is -0.104. The van der Waals surface area contributed by atoms with Gasteiger partial charge in [-0.2, -0.15) is 0 Å². The molecular formula is C19H25NO. The molecule has 0 saturated carbocycles. The van der Waals surface area contributed by atoms with Crippen LogP contribution in [0.1, 0.15) is 48.1 Å². The monoisotopic (exact) mass is 283 g/mol. The Bertz CT molecular complexity index is 604. The van der Waals surface area contributed by atoms with Crippen molar-refractivity contribution in [3.63, 3.8) is 0 Å². The summed E-state index contributed by atoms with van der Waals surface area (Å²) in [6, 6.07) is 14.7. The van der Waals surface area contributed by atoms with E-state index in [2.05, 4.69) is 58.0 Å². The van der Waals surface area contributed by atoms with Gasteiger partial charge in [-0.3, -0.25) is 0 Å². The fourth-order valence-electron chi connectivity index (χ4n) is 2.44. The maximum atomic E-state index is 6.23. The number of rotatable bonds is 5. The molecule has 2 N–H and O–H groups in total. The molecule has 0 aliphatic rings. The normalized spacial score (nSPS) is 12.5. The Morgan fingerprint density at radius 2 is 1.71 bits per heavy atom. The maximum absolute atomic E-state index is 6.23. The molecule has 112 valence electrons. The van der Waals surface area contributed by atoms with Crippen molar-refractivity contribution in [2.45, 2.75) is 39.7 Å². The highest BCUT2D eigenvalue weighted by atomic mass is 16.5. The molecule has 21 heavy (non-hydrogen) atoms. The summed E-state index contributed by atoms with van der Waals surface area (Å²) in [5.41, 5.74) is 10.8. The molecule has 0 amide bonds. The lowest BCUT2D eigenvalue weighted by Crippen LogP contribution is -2.19. The fraction of sp³-hybridized carbons (Fsp3) is 0.368. The van der Waals surface area contributed by atoms with E-state index in [1.165, 1.54) is 11.1 Å². The first-order chi connectivity index (χ1) is 10.0. The predicted octanol–water partition coefficient (Wildman–Crippen LogP) is 4.51. The Morgan fingerprint density at radius 3 is 2.33 bits per heavy atom. The molecule has 0 saturated heterocycles. The van der Waals surface area contributed by atoms with E-state index in [1.807, 2.05) is 12.1 Å². The molecule has 0 fully saturated rings. The second kappa shape index (κ2) is 6.77. The first kappa shape index (κ1) is 15.6. The molecule has 0 radical (unpaired) electrons. The summed E-state index contributed by atoms with van der Waals surface area (Å²) < 4.78 is 6.23. The lowest BCUT2D eigenvalue weighted by atomic mass is 10.0. The molecule has 2 nitrogen and oxygen atoms in total. The summed E-state index contributed by atoms with van der Waals surface area (Å²) in [5.74, 6) is 1.42. The summed E-state index contributed by atoms with van der Waals surface area (Å²) in [6.45, 7) is 9.02. The van der Waals surface area contributed by atoms with Gasteiger partial charge in [-0.15, -0.1) is 0 Å². The van der Waals surface area contributed by atoms with Crippen LogP contribution in [0.25, 0.3) is 0 Å². The number of ether oxygens (including phenoxy) is 1. The van der Waals surface area contributed by atoms with Crippen molar-refractivity contribution in [2.24, 2.45) is 5.73 Å². The van der Waals surface area contributed by atoms with E-state index in [1.54, 1.807) is 0 Å². The topological polar surface area (TPSA) is 35.2 Å². The Morgan fingerprint density at radius 1 is 1.00 bits per heavy atom. The van der Waals surface area contributed by atoms with Crippen LogP contribution in [0.15, 0.2) is 42.5 Å². The lowest BCUT2D eigenvalue weighted by molar-refractivity contribution is 0.212. The van der Waals surface area contributed by atoms with Crippen LogP contribution < -0.4 is 10.5 Å². The van der Waals surface area contributed by atoms with E-state index in [9.17, 15) is 0 Å². The van der Waals surface area contributed by atoms with Gasteiger partial charge in [-0.1, -0.05) is 50.2 Å². The third-order valence-electron chi connectivity index (χ3n) is 3.90. The molecule has 0 aromatic heterocycles. The average molecular weight is 283 g/mol. The Kier molecular flexibility index (Phi) is 5.03. The molecule has 0 heterocycles.